The topological polar surface area (TPSA) is 45.8 Å². The van der Waals surface area contributed by atoms with Crippen molar-refractivity contribution in [2.45, 2.75) is 6.92 Å². The molecule has 0 aliphatic heterocycles. The zero-order valence-electron chi connectivity index (χ0n) is 6.97. The minimum Gasteiger partial charge on any atom is -0.267 e. The predicted molar refractivity (Wildman–Crippen MR) is 52.1 cm³/mol. The van der Waals surface area contributed by atoms with Crippen LogP contribution < -0.4 is 5.56 Å². The van der Waals surface area contributed by atoms with E-state index < -0.39 is 0 Å². The summed E-state index contributed by atoms with van der Waals surface area (Å²) in [5.41, 5.74) is 0.592. The molecule has 0 bridgehead atoms. The van der Waals surface area contributed by atoms with E-state index in [4.69, 9.17) is 11.6 Å². The first-order valence-electron chi connectivity index (χ1n) is 3.83. The highest BCUT2D eigenvalue weighted by Crippen LogP contribution is 2.17. The van der Waals surface area contributed by atoms with Gasteiger partial charge in [-0.25, -0.2) is 5.10 Å². The number of nitrogens with zero attached hydrogens (tertiary/aromatic N) is 1. The first kappa shape index (κ1) is 8.26. The number of rotatable bonds is 0. The number of halogens is 1. The molecule has 0 amide bonds. The van der Waals surface area contributed by atoms with E-state index in [0.717, 1.165) is 11.1 Å². The molecule has 2 rings (SSSR count). The van der Waals surface area contributed by atoms with Gasteiger partial charge in [0.05, 0.1) is 11.1 Å². The van der Waals surface area contributed by atoms with Crippen LogP contribution in [0, 0.1) is 6.92 Å². The van der Waals surface area contributed by atoms with Gasteiger partial charge >= 0.3 is 0 Å². The summed E-state index contributed by atoms with van der Waals surface area (Å²) in [6.45, 7) is 1.83. The van der Waals surface area contributed by atoms with Gasteiger partial charge in [0, 0.05) is 10.4 Å². The van der Waals surface area contributed by atoms with Crippen molar-refractivity contribution >= 4 is 22.4 Å². The minimum absolute atomic E-state index is 0.183. The molecule has 2 aromatic rings. The Bertz CT molecular complexity index is 518. The summed E-state index contributed by atoms with van der Waals surface area (Å²) in [6.07, 6.45) is 0. The Balaban J connectivity index is 3.01. The van der Waals surface area contributed by atoms with Crippen LogP contribution in [0.4, 0.5) is 0 Å². The van der Waals surface area contributed by atoms with E-state index in [1.165, 1.54) is 0 Å². The monoisotopic (exact) mass is 194 g/mol. The lowest BCUT2D eigenvalue weighted by Crippen LogP contribution is -2.09. The number of H-pyrrole nitrogens is 1. The lowest BCUT2D eigenvalue weighted by molar-refractivity contribution is 0.970. The van der Waals surface area contributed by atoms with Crippen LogP contribution in [0.3, 0.4) is 0 Å². The number of aromatic nitrogens is 2. The second-order valence-electron chi connectivity index (χ2n) is 2.83. The Labute approximate surface area is 79.4 Å². The van der Waals surface area contributed by atoms with Gasteiger partial charge in [0.2, 0.25) is 0 Å². The van der Waals surface area contributed by atoms with Crippen molar-refractivity contribution in [3.63, 3.8) is 0 Å². The molecule has 4 heteroatoms. The molecule has 66 valence electrons. The van der Waals surface area contributed by atoms with Gasteiger partial charge in [0.1, 0.15) is 0 Å². The maximum atomic E-state index is 11.3. The van der Waals surface area contributed by atoms with E-state index in [9.17, 15) is 4.79 Å². The van der Waals surface area contributed by atoms with E-state index in [0.29, 0.717) is 10.4 Å². The molecular formula is C9H7ClN2O. The number of fused-ring (bicyclic) bond motifs is 1. The Kier molecular flexibility index (Phi) is 1.81. The Morgan fingerprint density at radius 3 is 2.92 bits per heavy atom. The molecule has 0 unspecified atom stereocenters. The number of hydrogen-bond acceptors (Lipinski definition) is 2. The van der Waals surface area contributed by atoms with Crippen LogP contribution in [-0.2, 0) is 0 Å². The molecule has 1 N–H and O–H groups in total. The Morgan fingerprint density at radius 1 is 1.38 bits per heavy atom. The summed E-state index contributed by atoms with van der Waals surface area (Å²) in [4.78, 5) is 11.3. The molecule has 0 aliphatic carbocycles. The van der Waals surface area contributed by atoms with Gasteiger partial charge in [0.15, 0.2) is 0 Å². The average molecular weight is 195 g/mol. The number of hydrogen-bond donors (Lipinski definition) is 1. The molecule has 3 nitrogen and oxygen atoms in total. The quantitative estimate of drug-likeness (QED) is 0.696. The van der Waals surface area contributed by atoms with E-state index in [1.807, 2.05) is 6.92 Å². The summed E-state index contributed by atoms with van der Waals surface area (Å²) in [6, 6.07) is 5.14. The molecule has 1 aromatic heterocycles. The van der Waals surface area contributed by atoms with E-state index in [1.54, 1.807) is 18.2 Å². The zero-order valence-corrected chi connectivity index (χ0v) is 7.72. The van der Waals surface area contributed by atoms with Crippen molar-refractivity contribution in [2.75, 3.05) is 0 Å². The van der Waals surface area contributed by atoms with Crippen molar-refractivity contribution in [1.82, 2.24) is 10.2 Å². The van der Waals surface area contributed by atoms with E-state index in [-0.39, 0.29) is 5.56 Å². The summed E-state index contributed by atoms with van der Waals surface area (Å²) in [7, 11) is 0. The van der Waals surface area contributed by atoms with Gasteiger partial charge < -0.3 is 0 Å². The van der Waals surface area contributed by atoms with Crippen molar-refractivity contribution in [2.24, 2.45) is 0 Å². The van der Waals surface area contributed by atoms with Crippen LogP contribution in [-0.4, -0.2) is 10.2 Å². The number of aromatic amines is 1. The molecule has 0 saturated heterocycles. The molecule has 0 spiro atoms. The zero-order chi connectivity index (χ0) is 9.42. The van der Waals surface area contributed by atoms with Gasteiger partial charge in [-0.1, -0.05) is 11.6 Å². The molecule has 0 atom stereocenters. The van der Waals surface area contributed by atoms with Crippen LogP contribution in [0.1, 0.15) is 5.69 Å². The molecule has 0 saturated carbocycles. The summed E-state index contributed by atoms with van der Waals surface area (Å²) >= 11 is 5.80. The van der Waals surface area contributed by atoms with Crippen LogP contribution in [0.15, 0.2) is 23.0 Å². The summed E-state index contributed by atoms with van der Waals surface area (Å²) in [5, 5.41) is 8.30. The second kappa shape index (κ2) is 2.85. The van der Waals surface area contributed by atoms with Gasteiger partial charge in [-0.05, 0) is 25.1 Å². The van der Waals surface area contributed by atoms with E-state index >= 15 is 0 Å². The average Bonchev–Trinajstić information content (AvgIpc) is 2.12. The first-order chi connectivity index (χ1) is 6.18. The fourth-order valence-corrected chi connectivity index (χ4v) is 1.44. The number of nitrogens with one attached hydrogen (secondary N) is 1. The first-order valence-corrected chi connectivity index (χ1v) is 4.21. The van der Waals surface area contributed by atoms with Crippen molar-refractivity contribution in [3.8, 4) is 0 Å². The van der Waals surface area contributed by atoms with Crippen molar-refractivity contribution < 1.29 is 0 Å². The SMILES string of the molecule is Cc1n[nH]c(=O)c2ccc(Cl)cc12. The fraction of sp³-hybridized carbons (Fsp3) is 0.111. The molecule has 1 aromatic carbocycles. The van der Waals surface area contributed by atoms with Gasteiger partial charge in [-0.15, -0.1) is 0 Å². The van der Waals surface area contributed by atoms with Gasteiger partial charge in [0.25, 0.3) is 5.56 Å². The fourth-order valence-electron chi connectivity index (χ4n) is 1.27. The maximum absolute atomic E-state index is 11.3. The molecule has 0 fully saturated rings. The molecule has 0 aliphatic rings. The molecule has 13 heavy (non-hydrogen) atoms. The highest BCUT2D eigenvalue weighted by Gasteiger charge is 2.02. The molecular weight excluding hydrogens is 188 g/mol. The summed E-state index contributed by atoms with van der Waals surface area (Å²) < 4.78 is 0. The van der Waals surface area contributed by atoms with Crippen molar-refractivity contribution in [1.29, 1.82) is 0 Å². The predicted octanol–water partition coefficient (Wildman–Crippen LogP) is 1.88. The Morgan fingerprint density at radius 2 is 2.15 bits per heavy atom. The van der Waals surface area contributed by atoms with Gasteiger partial charge in [-0.3, -0.25) is 4.79 Å². The van der Waals surface area contributed by atoms with E-state index in [2.05, 4.69) is 10.2 Å². The van der Waals surface area contributed by atoms with Crippen LogP contribution >= 0.6 is 11.6 Å². The smallest absolute Gasteiger partial charge is 0.267 e. The number of aryl methyl sites for hydroxylation is 1. The third kappa shape index (κ3) is 1.31. The largest absolute Gasteiger partial charge is 0.272 e. The van der Waals surface area contributed by atoms with Crippen LogP contribution in [0.2, 0.25) is 5.02 Å². The highest BCUT2D eigenvalue weighted by atomic mass is 35.5. The third-order valence-electron chi connectivity index (χ3n) is 1.94. The number of benzene rings is 1. The normalized spacial score (nSPS) is 10.6. The lowest BCUT2D eigenvalue weighted by atomic mass is 10.1. The van der Waals surface area contributed by atoms with Gasteiger partial charge in [-0.2, -0.15) is 5.10 Å². The Hall–Kier alpha value is -1.35. The van der Waals surface area contributed by atoms with Crippen molar-refractivity contribution in [3.05, 3.63) is 39.3 Å². The molecule has 1 heterocycles. The minimum atomic E-state index is -0.183. The third-order valence-corrected chi connectivity index (χ3v) is 2.18. The van der Waals surface area contributed by atoms with Crippen LogP contribution in [0.25, 0.3) is 10.8 Å². The molecule has 0 radical (unpaired) electrons. The lowest BCUT2D eigenvalue weighted by Gasteiger charge is -1.99. The maximum Gasteiger partial charge on any atom is 0.272 e. The standard InChI is InChI=1S/C9H7ClN2O/c1-5-8-4-6(10)2-3-7(8)9(13)12-11-5/h2-4H,1H3,(H,12,13). The second-order valence-corrected chi connectivity index (χ2v) is 3.26. The van der Waals surface area contributed by atoms with Crippen LogP contribution in [0.5, 0.6) is 0 Å². The highest BCUT2D eigenvalue weighted by molar-refractivity contribution is 6.31. The summed E-state index contributed by atoms with van der Waals surface area (Å²) in [5.74, 6) is 0.